The van der Waals surface area contributed by atoms with Gasteiger partial charge in [0.15, 0.2) is 5.69 Å². The largest absolute Gasteiger partial charge is 0.480 e. The summed E-state index contributed by atoms with van der Waals surface area (Å²) in [5.74, 6) is -2.03. The molecule has 0 saturated heterocycles. The number of hydrazine groups is 1. The highest BCUT2D eigenvalue weighted by atomic mass is 16.5. The van der Waals surface area contributed by atoms with Gasteiger partial charge in [-0.15, -0.1) is 0 Å². The van der Waals surface area contributed by atoms with Crippen LogP contribution in [0.2, 0.25) is 0 Å². The molecule has 1 heterocycles. The Morgan fingerprint density at radius 1 is 1.43 bits per heavy atom. The zero-order valence-electron chi connectivity index (χ0n) is 12.4. The number of carbonyl (C=O) groups is 3. The second-order valence-electron chi connectivity index (χ2n) is 5.13. The Labute approximate surface area is 122 Å². The van der Waals surface area contributed by atoms with Gasteiger partial charge in [0, 0.05) is 13.0 Å². The van der Waals surface area contributed by atoms with E-state index in [2.05, 4.69) is 10.6 Å². The highest BCUT2D eigenvalue weighted by Gasteiger charge is 2.29. The first kappa shape index (κ1) is 16.8. The molecule has 21 heavy (non-hydrogen) atoms. The van der Waals surface area contributed by atoms with Crippen molar-refractivity contribution in [1.29, 1.82) is 0 Å². The van der Waals surface area contributed by atoms with E-state index in [1.165, 1.54) is 6.07 Å². The Kier molecular flexibility index (Phi) is 5.60. The maximum atomic E-state index is 12.2. The van der Waals surface area contributed by atoms with Gasteiger partial charge in [0.05, 0.1) is 0 Å². The van der Waals surface area contributed by atoms with Crippen LogP contribution >= 0.6 is 0 Å². The van der Waals surface area contributed by atoms with Gasteiger partial charge in [-0.3, -0.25) is 14.4 Å². The van der Waals surface area contributed by atoms with E-state index in [1.807, 2.05) is 13.8 Å². The minimum Gasteiger partial charge on any atom is -0.480 e. The molecule has 0 fully saturated rings. The number of aliphatic carboxylic acids is 1. The average molecular weight is 297 g/mol. The number of amides is 2. The fourth-order valence-corrected chi connectivity index (χ4v) is 1.71. The van der Waals surface area contributed by atoms with Crippen molar-refractivity contribution in [2.75, 3.05) is 0 Å². The Morgan fingerprint density at radius 3 is 2.43 bits per heavy atom. The molecule has 1 aromatic heterocycles. The third-order valence-electron chi connectivity index (χ3n) is 2.66. The van der Waals surface area contributed by atoms with Gasteiger partial charge in [0.25, 0.3) is 5.91 Å². The molecule has 1 rings (SSSR count). The number of imide groups is 1. The summed E-state index contributed by atoms with van der Waals surface area (Å²) in [5.41, 5.74) is 2.38. The van der Waals surface area contributed by atoms with Crippen LogP contribution < -0.4 is 5.43 Å². The van der Waals surface area contributed by atoms with Gasteiger partial charge in [-0.1, -0.05) is 19.0 Å². The van der Waals surface area contributed by atoms with Gasteiger partial charge in [0.1, 0.15) is 11.8 Å². The molecule has 1 atom stereocenters. The maximum Gasteiger partial charge on any atom is 0.322 e. The van der Waals surface area contributed by atoms with E-state index in [-0.39, 0.29) is 18.0 Å². The van der Waals surface area contributed by atoms with Gasteiger partial charge >= 0.3 is 5.97 Å². The van der Waals surface area contributed by atoms with Crippen molar-refractivity contribution in [1.82, 2.24) is 15.6 Å². The predicted octanol–water partition coefficient (Wildman–Crippen LogP) is 0.976. The molecule has 1 aromatic rings. The molecule has 0 radical (unpaired) electrons. The van der Waals surface area contributed by atoms with E-state index in [4.69, 9.17) is 9.63 Å². The van der Waals surface area contributed by atoms with Crippen LogP contribution in [0.3, 0.4) is 0 Å². The summed E-state index contributed by atoms with van der Waals surface area (Å²) in [7, 11) is 0. The molecule has 116 valence electrons. The number of nitrogens with zero attached hydrogens (tertiary/aromatic N) is 2. The number of carboxylic acids is 1. The average Bonchev–Trinajstić information content (AvgIpc) is 2.79. The number of hydrogen-bond acceptors (Lipinski definition) is 6. The molecule has 0 unspecified atom stereocenters. The monoisotopic (exact) mass is 297 g/mol. The van der Waals surface area contributed by atoms with Crippen molar-refractivity contribution in [3.63, 3.8) is 0 Å². The van der Waals surface area contributed by atoms with Crippen molar-refractivity contribution in [3.05, 3.63) is 17.5 Å². The Balaban J connectivity index is 2.93. The molecule has 0 aliphatic rings. The van der Waals surface area contributed by atoms with Crippen LogP contribution in [0, 0.1) is 12.8 Å². The summed E-state index contributed by atoms with van der Waals surface area (Å²) < 4.78 is 4.78. The minimum atomic E-state index is -1.14. The topological polar surface area (TPSA) is 113 Å². The number of carbonyl (C=O) groups excluding carboxylic acids is 2. The van der Waals surface area contributed by atoms with Crippen LogP contribution in [0.4, 0.5) is 0 Å². The number of carboxylic acid groups (broad SMARTS) is 1. The zero-order valence-corrected chi connectivity index (χ0v) is 12.4. The number of aromatic nitrogens is 1. The zero-order chi connectivity index (χ0) is 16.2. The summed E-state index contributed by atoms with van der Waals surface area (Å²) in [6.45, 7) is 6.46. The van der Waals surface area contributed by atoms with Gasteiger partial charge in [-0.2, -0.15) is 0 Å². The highest BCUT2D eigenvalue weighted by Crippen LogP contribution is 2.09. The molecule has 0 bridgehead atoms. The smallest absolute Gasteiger partial charge is 0.322 e. The Bertz CT molecular complexity index is 538. The minimum absolute atomic E-state index is 0.0658. The van der Waals surface area contributed by atoms with Crippen molar-refractivity contribution in [3.8, 4) is 0 Å². The lowest BCUT2D eigenvalue weighted by Crippen LogP contribution is -2.53. The molecular formula is C13H19N3O5. The summed E-state index contributed by atoms with van der Waals surface area (Å²) >= 11 is 0. The lowest BCUT2D eigenvalue weighted by Gasteiger charge is -2.24. The van der Waals surface area contributed by atoms with Crippen LogP contribution in [0.5, 0.6) is 0 Å². The summed E-state index contributed by atoms with van der Waals surface area (Å²) in [6.07, 6.45) is 0.268. The normalized spacial score (nSPS) is 12.2. The quantitative estimate of drug-likeness (QED) is 0.752. The summed E-state index contributed by atoms with van der Waals surface area (Å²) in [5, 5.41) is 13.3. The summed E-state index contributed by atoms with van der Waals surface area (Å²) in [4.78, 5) is 35.0. The fraction of sp³-hybridized carbons (Fsp3) is 0.538. The summed E-state index contributed by atoms with van der Waals surface area (Å²) in [6, 6.07) is 0.323. The van der Waals surface area contributed by atoms with Crippen molar-refractivity contribution >= 4 is 17.8 Å². The molecule has 0 aliphatic carbocycles. The van der Waals surface area contributed by atoms with Crippen LogP contribution in [0.15, 0.2) is 10.6 Å². The van der Waals surface area contributed by atoms with Crippen molar-refractivity contribution in [2.24, 2.45) is 5.92 Å². The first-order chi connectivity index (χ1) is 9.72. The molecule has 0 saturated carbocycles. The maximum absolute atomic E-state index is 12.2. The van der Waals surface area contributed by atoms with Crippen molar-refractivity contribution < 1.29 is 24.0 Å². The SMILES string of the molecule is CC(=O)N(N[C@H](CC(C)C)C(=O)O)C(=O)c1cc(C)on1. The lowest BCUT2D eigenvalue weighted by atomic mass is 10.0. The Hall–Kier alpha value is -2.22. The molecular weight excluding hydrogens is 278 g/mol. The molecule has 0 aliphatic heterocycles. The van der Waals surface area contributed by atoms with Crippen LogP contribution in [0.25, 0.3) is 0 Å². The molecule has 0 aromatic carbocycles. The number of aryl methyl sites for hydroxylation is 1. The lowest BCUT2D eigenvalue weighted by molar-refractivity contribution is -0.142. The van der Waals surface area contributed by atoms with Gasteiger partial charge in [0.2, 0.25) is 5.91 Å². The molecule has 8 nitrogen and oxygen atoms in total. The Morgan fingerprint density at radius 2 is 2.05 bits per heavy atom. The third-order valence-corrected chi connectivity index (χ3v) is 2.66. The van der Waals surface area contributed by atoms with Crippen LogP contribution in [0.1, 0.15) is 43.4 Å². The number of nitrogens with one attached hydrogen (secondary N) is 1. The van der Waals surface area contributed by atoms with Crippen molar-refractivity contribution in [2.45, 2.75) is 40.2 Å². The fourth-order valence-electron chi connectivity index (χ4n) is 1.71. The predicted molar refractivity (Wildman–Crippen MR) is 72.1 cm³/mol. The van der Waals surface area contributed by atoms with Crippen LogP contribution in [-0.2, 0) is 9.59 Å². The molecule has 0 spiro atoms. The first-order valence-electron chi connectivity index (χ1n) is 6.49. The van der Waals surface area contributed by atoms with Gasteiger partial charge < -0.3 is 9.63 Å². The first-order valence-corrected chi connectivity index (χ1v) is 6.49. The molecule has 2 N–H and O–H groups in total. The third kappa shape index (κ3) is 4.67. The van der Waals surface area contributed by atoms with E-state index in [1.54, 1.807) is 6.92 Å². The standard InChI is InChI=1S/C13H19N3O5/c1-7(2)5-11(13(19)20)14-16(9(4)17)12(18)10-6-8(3)21-15-10/h6-7,11,14H,5H2,1-4H3,(H,19,20)/t11-/m1/s1. The van der Waals surface area contributed by atoms with E-state index in [0.29, 0.717) is 10.8 Å². The van der Waals surface area contributed by atoms with Crippen LogP contribution in [-0.4, -0.2) is 39.1 Å². The number of rotatable bonds is 6. The van der Waals surface area contributed by atoms with Gasteiger partial charge in [-0.25, -0.2) is 10.4 Å². The van der Waals surface area contributed by atoms with E-state index < -0.39 is 23.8 Å². The van der Waals surface area contributed by atoms with E-state index >= 15 is 0 Å². The second-order valence-corrected chi connectivity index (χ2v) is 5.13. The second kappa shape index (κ2) is 6.98. The van der Waals surface area contributed by atoms with E-state index in [0.717, 1.165) is 6.92 Å². The molecule has 8 heteroatoms. The van der Waals surface area contributed by atoms with E-state index in [9.17, 15) is 14.4 Å². The molecule has 2 amide bonds. The highest BCUT2D eigenvalue weighted by molar-refractivity contribution is 6.02. The van der Waals surface area contributed by atoms with Gasteiger partial charge in [-0.05, 0) is 19.3 Å². The number of hydrogen-bond donors (Lipinski definition) is 2.